The number of nitrogens with one attached hydrogen (secondary N) is 1. The fourth-order valence-corrected chi connectivity index (χ4v) is 3.43. The van der Waals surface area contributed by atoms with Crippen LogP contribution in [0.15, 0.2) is 41.7 Å². The molecule has 0 atom stereocenters. The van der Waals surface area contributed by atoms with Gasteiger partial charge < -0.3 is 24.6 Å². The van der Waals surface area contributed by atoms with Gasteiger partial charge in [-0.3, -0.25) is 4.99 Å². The van der Waals surface area contributed by atoms with Crippen LogP contribution in [-0.4, -0.2) is 74.8 Å². The maximum atomic E-state index is 5.38. The molecule has 0 amide bonds. The van der Waals surface area contributed by atoms with E-state index in [-0.39, 0.29) is 0 Å². The van der Waals surface area contributed by atoms with Crippen LogP contribution in [0.25, 0.3) is 0 Å². The first-order valence-corrected chi connectivity index (χ1v) is 9.93. The largest absolute Gasteiger partial charge is 0.493 e. The summed E-state index contributed by atoms with van der Waals surface area (Å²) in [4.78, 5) is 17.6. The fraction of sp³-hybridized carbons (Fsp3) is 0.476. The van der Waals surface area contributed by atoms with E-state index < -0.39 is 0 Å². The molecule has 0 radical (unpaired) electrons. The molecule has 1 N–H and O–H groups in total. The lowest BCUT2D eigenvalue weighted by Crippen LogP contribution is -2.53. The molecule has 8 heteroatoms. The molecule has 0 aliphatic carbocycles. The number of guanidine groups is 1. The predicted octanol–water partition coefficient (Wildman–Crippen LogP) is 1.82. The highest BCUT2D eigenvalue weighted by atomic mass is 16.5. The second kappa shape index (κ2) is 10.5. The molecule has 0 spiro atoms. The van der Waals surface area contributed by atoms with E-state index in [1.807, 2.05) is 25.2 Å². The Morgan fingerprint density at radius 3 is 2.45 bits per heavy atom. The highest BCUT2D eigenvalue weighted by molar-refractivity contribution is 5.80. The SMILES string of the molecule is CN=C(NCCCc1ccc(OC)c(OC)c1)N1CCN(c2ncccn2)CC1. The maximum absolute atomic E-state index is 5.38. The Kier molecular flexibility index (Phi) is 7.49. The van der Waals surface area contributed by atoms with Gasteiger partial charge in [-0.2, -0.15) is 0 Å². The molecule has 1 aliphatic heterocycles. The van der Waals surface area contributed by atoms with Crippen molar-refractivity contribution in [2.75, 3.05) is 58.9 Å². The summed E-state index contributed by atoms with van der Waals surface area (Å²) in [6, 6.07) is 7.92. The first kappa shape index (κ1) is 20.7. The number of aryl methyl sites for hydroxylation is 1. The molecule has 1 aromatic carbocycles. The first-order chi connectivity index (χ1) is 14.2. The van der Waals surface area contributed by atoms with Gasteiger partial charge in [0.05, 0.1) is 14.2 Å². The van der Waals surface area contributed by atoms with Crippen LogP contribution in [-0.2, 0) is 6.42 Å². The van der Waals surface area contributed by atoms with Gasteiger partial charge in [0, 0.05) is 52.2 Å². The molecular formula is C21H30N6O2. The lowest BCUT2D eigenvalue weighted by atomic mass is 10.1. The molecule has 156 valence electrons. The summed E-state index contributed by atoms with van der Waals surface area (Å²) in [6.07, 6.45) is 5.54. The molecule has 2 heterocycles. The van der Waals surface area contributed by atoms with E-state index >= 15 is 0 Å². The number of aliphatic imine (C=N–C) groups is 1. The van der Waals surface area contributed by atoms with Crippen molar-refractivity contribution < 1.29 is 9.47 Å². The minimum Gasteiger partial charge on any atom is -0.493 e. The van der Waals surface area contributed by atoms with Crippen molar-refractivity contribution in [3.63, 3.8) is 0 Å². The first-order valence-electron chi connectivity index (χ1n) is 9.93. The van der Waals surface area contributed by atoms with E-state index in [4.69, 9.17) is 9.47 Å². The molecule has 1 saturated heterocycles. The van der Waals surface area contributed by atoms with Gasteiger partial charge in [-0.25, -0.2) is 9.97 Å². The van der Waals surface area contributed by atoms with Crippen LogP contribution in [0, 0.1) is 0 Å². The van der Waals surface area contributed by atoms with Crippen molar-refractivity contribution >= 4 is 11.9 Å². The van der Waals surface area contributed by atoms with Crippen molar-refractivity contribution in [2.45, 2.75) is 12.8 Å². The number of hydrogen-bond acceptors (Lipinski definition) is 6. The van der Waals surface area contributed by atoms with E-state index in [0.29, 0.717) is 0 Å². The number of nitrogens with zero attached hydrogens (tertiary/aromatic N) is 5. The Hall–Kier alpha value is -3.03. The molecule has 0 bridgehead atoms. The number of hydrogen-bond donors (Lipinski definition) is 1. The Labute approximate surface area is 172 Å². The Morgan fingerprint density at radius 2 is 1.79 bits per heavy atom. The highest BCUT2D eigenvalue weighted by Crippen LogP contribution is 2.27. The number of benzene rings is 1. The van der Waals surface area contributed by atoms with Gasteiger partial charge in [-0.1, -0.05) is 6.07 Å². The number of ether oxygens (including phenoxy) is 2. The van der Waals surface area contributed by atoms with Gasteiger partial charge in [-0.05, 0) is 36.6 Å². The summed E-state index contributed by atoms with van der Waals surface area (Å²) in [7, 11) is 5.15. The number of anilines is 1. The van der Waals surface area contributed by atoms with Gasteiger partial charge in [0.25, 0.3) is 0 Å². The Morgan fingerprint density at radius 1 is 1.07 bits per heavy atom. The van der Waals surface area contributed by atoms with E-state index in [2.05, 4.69) is 36.1 Å². The van der Waals surface area contributed by atoms with Crippen LogP contribution in [0.2, 0.25) is 0 Å². The van der Waals surface area contributed by atoms with Gasteiger partial charge in [0.1, 0.15) is 0 Å². The van der Waals surface area contributed by atoms with Crippen molar-refractivity contribution in [1.82, 2.24) is 20.2 Å². The second-order valence-corrected chi connectivity index (χ2v) is 6.79. The average molecular weight is 399 g/mol. The van der Waals surface area contributed by atoms with E-state index in [9.17, 15) is 0 Å². The highest BCUT2D eigenvalue weighted by Gasteiger charge is 2.20. The second-order valence-electron chi connectivity index (χ2n) is 6.79. The van der Waals surface area contributed by atoms with Gasteiger partial charge in [0.15, 0.2) is 17.5 Å². The molecule has 1 aliphatic rings. The van der Waals surface area contributed by atoms with Gasteiger partial charge in [-0.15, -0.1) is 0 Å². The Bertz CT molecular complexity index is 791. The third kappa shape index (κ3) is 5.49. The summed E-state index contributed by atoms with van der Waals surface area (Å²) >= 11 is 0. The van der Waals surface area contributed by atoms with Crippen molar-refractivity contribution in [3.8, 4) is 11.5 Å². The minimum atomic E-state index is 0.759. The lowest BCUT2D eigenvalue weighted by Gasteiger charge is -2.36. The normalized spacial score (nSPS) is 14.7. The zero-order chi connectivity index (χ0) is 20.5. The van der Waals surface area contributed by atoms with Crippen LogP contribution in [0.5, 0.6) is 11.5 Å². The molecule has 3 rings (SSSR count). The van der Waals surface area contributed by atoms with Crippen LogP contribution in [0.4, 0.5) is 5.95 Å². The summed E-state index contributed by atoms with van der Waals surface area (Å²) in [5.74, 6) is 3.28. The standard InChI is InChI=1S/C21H30N6O2/c1-22-20(26-12-14-27(15-13-26)21-24-10-5-11-25-21)23-9-4-6-17-7-8-18(28-2)19(16-17)29-3/h5,7-8,10-11,16H,4,6,9,12-15H2,1-3H3,(H,22,23). The third-order valence-electron chi connectivity index (χ3n) is 5.00. The number of piperazine rings is 1. The van der Waals surface area contributed by atoms with Crippen molar-refractivity contribution in [3.05, 3.63) is 42.2 Å². The minimum absolute atomic E-state index is 0.759. The smallest absolute Gasteiger partial charge is 0.225 e. The molecular weight excluding hydrogens is 368 g/mol. The maximum Gasteiger partial charge on any atom is 0.225 e. The number of methoxy groups -OCH3 is 2. The topological polar surface area (TPSA) is 75.1 Å². The average Bonchev–Trinajstić information content (AvgIpc) is 2.79. The van der Waals surface area contributed by atoms with E-state index in [1.54, 1.807) is 26.6 Å². The van der Waals surface area contributed by atoms with Crippen LogP contribution in [0.1, 0.15) is 12.0 Å². The zero-order valence-electron chi connectivity index (χ0n) is 17.5. The van der Waals surface area contributed by atoms with E-state index in [0.717, 1.165) is 69.0 Å². The molecule has 29 heavy (non-hydrogen) atoms. The third-order valence-corrected chi connectivity index (χ3v) is 5.00. The molecule has 0 saturated carbocycles. The molecule has 1 fully saturated rings. The number of rotatable bonds is 7. The van der Waals surface area contributed by atoms with Crippen molar-refractivity contribution in [2.24, 2.45) is 4.99 Å². The molecule has 8 nitrogen and oxygen atoms in total. The van der Waals surface area contributed by atoms with Gasteiger partial charge >= 0.3 is 0 Å². The Balaban J connectivity index is 1.43. The molecule has 1 aromatic heterocycles. The lowest BCUT2D eigenvalue weighted by molar-refractivity contribution is 0.354. The van der Waals surface area contributed by atoms with E-state index in [1.165, 1.54) is 5.56 Å². The van der Waals surface area contributed by atoms with Crippen LogP contribution in [0.3, 0.4) is 0 Å². The number of aromatic nitrogens is 2. The zero-order valence-corrected chi connectivity index (χ0v) is 17.5. The quantitative estimate of drug-likeness (QED) is 0.433. The van der Waals surface area contributed by atoms with Gasteiger partial charge in [0.2, 0.25) is 5.95 Å². The molecule has 2 aromatic rings. The predicted molar refractivity (Wildman–Crippen MR) is 115 cm³/mol. The summed E-state index contributed by atoms with van der Waals surface area (Å²) in [5, 5.41) is 3.49. The molecule has 0 unspecified atom stereocenters. The fourth-order valence-electron chi connectivity index (χ4n) is 3.43. The van der Waals surface area contributed by atoms with Crippen molar-refractivity contribution in [1.29, 1.82) is 0 Å². The van der Waals surface area contributed by atoms with Crippen LogP contribution >= 0.6 is 0 Å². The summed E-state index contributed by atoms with van der Waals surface area (Å²) in [5.41, 5.74) is 1.23. The summed E-state index contributed by atoms with van der Waals surface area (Å²) < 4.78 is 10.7. The summed E-state index contributed by atoms with van der Waals surface area (Å²) in [6.45, 7) is 4.43. The van der Waals surface area contributed by atoms with Crippen LogP contribution < -0.4 is 19.7 Å². The monoisotopic (exact) mass is 398 g/mol.